The van der Waals surface area contributed by atoms with E-state index in [0.717, 1.165) is 43.7 Å². The fourth-order valence-corrected chi connectivity index (χ4v) is 5.06. The summed E-state index contributed by atoms with van der Waals surface area (Å²) in [7, 11) is 4.14. The Morgan fingerprint density at radius 1 is 1.21 bits per heavy atom. The number of likely N-dealkylation sites (tertiary alicyclic amines) is 1. The lowest BCUT2D eigenvalue weighted by Gasteiger charge is -2.46. The van der Waals surface area contributed by atoms with Crippen LogP contribution >= 0.6 is 0 Å². The Hall–Kier alpha value is -2.29. The summed E-state index contributed by atoms with van der Waals surface area (Å²) >= 11 is 0. The van der Waals surface area contributed by atoms with Gasteiger partial charge < -0.3 is 4.90 Å². The van der Waals surface area contributed by atoms with Crippen molar-refractivity contribution in [1.82, 2.24) is 40.2 Å². The highest BCUT2D eigenvalue weighted by Crippen LogP contribution is 2.40. The third-order valence-corrected chi connectivity index (χ3v) is 7.03. The van der Waals surface area contributed by atoms with Gasteiger partial charge in [0.25, 0.3) is 5.91 Å². The van der Waals surface area contributed by atoms with Crippen LogP contribution in [-0.2, 0) is 5.54 Å². The van der Waals surface area contributed by atoms with Gasteiger partial charge in [0, 0.05) is 24.7 Å². The summed E-state index contributed by atoms with van der Waals surface area (Å²) in [5.41, 5.74) is 1.24. The molecule has 2 aromatic heterocycles. The van der Waals surface area contributed by atoms with Crippen LogP contribution in [0.15, 0.2) is 6.07 Å². The van der Waals surface area contributed by atoms with Crippen molar-refractivity contribution in [3.05, 3.63) is 23.3 Å². The second-order valence-electron chi connectivity index (χ2n) is 9.12. The number of hydrogen-bond donors (Lipinski definition) is 1. The molecule has 9 nitrogen and oxygen atoms in total. The molecule has 3 heterocycles. The SMILES string of the molecule is CN(C)C1(c2nnnn2C2CCCC2)CCCN(C(=O)c2cc(C3CC3)[nH]n2)C1. The van der Waals surface area contributed by atoms with Gasteiger partial charge in [-0.2, -0.15) is 5.10 Å². The molecule has 0 spiro atoms. The minimum Gasteiger partial charge on any atom is -0.335 e. The highest BCUT2D eigenvalue weighted by molar-refractivity contribution is 5.92. The van der Waals surface area contributed by atoms with Crippen LogP contribution in [0, 0.1) is 0 Å². The van der Waals surface area contributed by atoms with E-state index in [1.165, 1.54) is 25.7 Å². The van der Waals surface area contributed by atoms with Crippen LogP contribution in [0.1, 0.15) is 85.3 Å². The number of likely N-dealkylation sites (N-methyl/N-ethyl adjacent to an activating group) is 1. The van der Waals surface area contributed by atoms with Gasteiger partial charge in [-0.15, -0.1) is 5.10 Å². The van der Waals surface area contributed by atoms with Crippen LogP contribution in [0.4, 0.5) is 0 Å². The van der Waals surface area contributed by atoms with Crippen LogP contribution in [0.5, 0.6) is 0 Å². The lowest BCUT2D eigenvalue weighted by Crippen LogP contribution is -2.56. The molecule has 9 heteroatoms. The molecular formula is C20H30N8O. The maximum absolute atomic E-state index is 13.2. The third kappa shape index (κ3) is 3.25. The predicted octanol–water partition coefficient (Wildman–Crippen LogP) is 2.08. The van der Waals surface area contributed by atoms with Crippen molar-refractivity contribution in [3.8, 4) is 0 Å². The minimum atomic E-state index is -0.379. The van der Waals surface area contributed by atoms with E-state index in [0.29, 0.717) is 24.2 Å². The number of piperidine rings is 1. The lowest BCUT2D eigenvalue weighted by molar-refractivity contribution is 0.0246. The van der Waals surface area contributed by atoms with Gasteiger partial charge in [0.2, 0.25) is 0 Å². The zero-order valence-corrected chi connectivity index (χ0v) is 17.3. The number of hydrogen-bond acceptors (Lipinski definition) is 6. The van der Waals surface area contributed by atoms with Crippen molar-refractivity contribution in [3.63, 3.8) is 0 Å². The minimum absolute atomic E-state index is 0.000958. The number of H-pyrrole nitrogens is 1. The summed E-state index contributed by atoms with van der Waals surface area (Å²) in [6.07, 6.45) is 8.94. The molecule has 2 aromatic rings. The van der Waals surface area contributed by atoms with Crippen LogP contribution in [-0.4, -0.2) is 73.3 Å². The van der Waals surface area contributed by atoms with E-state index in [9.17, 15) is 4.79 Å². The van der Waals surface area contributed by atoms with Gasteiger partial charge in [-0.3, -0.25) is 14.8 Å². The lowest BCUT2D eigenvalue weighted by atomic mass is 9.86. The molecule has 0 aromatic carbocycles. The smallest absolute Gasteiger partial charge is 0.274 e. The van der Waals surface area contributed by atoms with Gasteiger partial charge >= 0.3 is 0 Å². The molecule has 3 fully saturated rings. The van der Waals surface area contributed by atoms with E-state index >= 15 is 0 Å². The molecule has 156 valence electrons. The van der Waals surface area contributed by atoms with Crippen molar-refractivity contribution in [1.29, 1.82) is 0 Å². The fourth-order valence-electron chi connectivity index (χ4n) is 5.06. The van der Waals surface area contributed by atoms with Crippen molar-refractivity contribution < 1.29 is 4.79 Å². The zero-order valence-electron chi connectivity index (χ0n) is 17.3. The molecule has 5 rings (SSSR count). The maximum Gasteiger partial charge on any atom is 0.274 e. The van der Waals surface area contributed by atoms with E-state index in [1.54, 1.807) is 0 Å². The monoisotopic (exact) mass is 398 g/mol. The Balaban J connectivity index is 1.43. The van der Waals surface area contributed by atoms with E-state index in [4.69, 9.17) is 0 Å². The number of nitrogens with zero attached hydrogens (tertiary/aromatic N) is 7. The molecule has 0 radical (unpaired) electrons. The van der Waals surface area contributed by atoms with Crippen LogP contribution in [0.25, 0.3) is 0 Å². The van der Waals surface area contributed by atoms with Gasteiger partial charge in [-0.1, -0.05) is 12.8 Å². The summed E-state index contributed by atoms with van der Waals surface area (Å²) in [6.45, 7) is 1.32. The number of tetrazole rings is 1. The quantitative estimate of drug-likeness (QED) is 0.828. The first-order valence-corrected chi connectivity index (χ1v) is 10.9. The molecule has 1 saturated heterocycles. The summed E-state index contributed by atoms with van der Waals surface area (Å²) in [5, 5.41) is 20.3. The normalized spacial score (nSPS) is 25.8. The fraction of sp³-hybridized carbons (Fsp3) is 0.750. The molecule has 2 saturated carbocycles. The second-order valence-corrected chi connectivity index (χ2v) is 9.12. The van der Waals surface area contributed by atoms with Crippen LogP contribution in [0.3, 0.4) is 0 Å². The summed E-state index contributed by atoms with van der Waals surface area (Å²) in [6, 6.07) is 2.31. The molecule has 2 aliphatic carbocycles. The zero-order chi connectivity index (χ0) is 20.0. The molecule has 1 aliphatic heterocycles. The highest BCUT2D eigenvalue weighted by Gasteiger charge is 2.46. The van der Waals surface area contributed by atoms with Gasteiger partial charge in [0.15, 0.2) is 5.82 Å². The molecule has 3 aliphatic rings. The summed E-state index contributed by atoms with van der Waals surface area (Å²) in [4.78, 5) is 17.4. The van der Waals surface area contributed by atoms with Crippen molar-refractivity contribution >= 4 is 5.91 Å². The first-order chi connectivity index (χ1) is 14.1. The van der Waals surface area contributed by atoms with E-state index in [-0.39, 0.29) is 11.4 Å². The molecule has 0 bridgehead atoms. The topological polar surface area (TPSA) is 95.8 Å². The number of aromatic nitrogens is 6. The number of nitrogens with one attached hydrogen (secondary N) is 1. The van der Waals surface area contributed by atoms with Gasteiger partial charge in [-0.25, -0.2) is 4.68 Å². The van der Waals surface area contributed by atoms with Gasteiger partial charge in [0.1, 0.15) is 11.2 Å². The van der Waals surface area contributed by atoms with Gasteiger partial charge in [-0.05, 0) is 69.1 Å². The Labute approximate surface area is 170 Å². The van der Waals surface area contributed by atoms with Crippen molar-refractivity contribution in [2.24, 2.45) is 0 Å². The number of amides is 1. The summed E-state index contributed by atoms with van der Waals surface area (Å²) in [5.74, 6) is 1.45. The standard InChI is InChI=1S/C20H30N8O/c1-26(2)20(19-23-24-25-28(19)15-6-3-4-7-15)10-5-11-27(13-20)18(29)17-12-16(21-22-17)14-8-9-14/h12,14-15H,3-11,13H2,1-2H3,(H,21,22). The highest BCUT2D eigenvalue weighted by atomic mass is 16.2. The molecule has 1 unspecified atom stereocenters. The molecular weight excluding hydrogens is 368 g/mol. The summed E-state index contributed by atoms with van der Waals surface area (Å²) < 4.78 is 2.04. The van der Waals surface area contributed by atoms with Crippen LogP contribution in [0.2, 0.25) is 0 Å². The first-order valence-electron chi connectivity index (χ1n) is 10.9. The average Bonchev–Trinajstić information content (AvgIpc) is 3.17. The second kappa shape index (κ2) is 7.19. The Kier molecular flexibility index (Phi) is 4.64. The first kappa shape index (κ1) is 18.7. The predicted molar refractivity (Wildman–Crippen MR) is 106 cm³/mol. The third-order valence-electron chi connectivity index (χ3n) is 7.03. The van der Waals surface area contributed by atoms with Crippen molar-refractivity contribution in [2.45, 2.75) is 68.9 Å². The molecule has 1 N–H and O–H groups in total. The molecule has 1 amide bonds. The van der Waals surface area contributed by atoms with E-state index in [1.807, 2.05) is 15.6 Å². The van der Waals surface area contributed by atoms with E-state index < -0.39 is 0 Å². The Morgan fingerprint density at radius 2 is 2.00 bits per heavy atom. The average molecular weight is 399 g/mol. The number of rotatable bonds is 5. The van der Waals surface area contributed by atoms with E-state index in [2.05, 4.69) is 44.7 Å². The maximum atomic E-state index is 13.2. The Bertz CT molecular complexity index is 879. The number of carbonyl (C=O) groups is 1. The number of aromatic amines is 1. The number of carbonyl (C=O) groups excluding carboxylic acids is 1. The molecule has 1 atom stereocenters. The molecule has 29 heavy (non-hydrogen) atoms. The van der Waals surface area contributed by atoms with Gasteiger partial charge in [0.05, 0.1) is 6.04 Å². The largest absolute Gasteiger partial charge is 0.335 e. The Morgan fingerprint density at radius 3 is 2.72 bits per heavy atom. The van der Waals surface area contributed by atoms with Crippen LogP contribution < -0.4 is 0 Å². The van der Waals surface area contributed by atoms with Crippen molar-refractivity contribution in [2.75, 3.05) is 27.2 Å².